The fourth-order valence-corrected chi connectivity index (χ4v) is 2.65. The number of carbonyl (C=O) groups is 1. The molecule has 1 aromatic heterocycles. The third kappa shape index (κ3) is 3.03. The first-order valence-electron chi connectivity index (χ1n) is 6.32. The van der Waals surface area contributed by atoms with Gasteiger partial charge in [-0.1, -0.05) is 11.6 Å². The zero-order chi connectivity index (χ0) is 14.9. The summed E-state index contributed by atoms with van der Waals surface area (Å²) in [5, 5.41) is 2.87. The molecule has 2 atom stereocenters. The van der Waals surface area contributed by atoms with Crippen LogP contribution in [0.25, 0.3) is 0 Å². The number of pyridine rings is 1. The van der Waals surface area contributed by atoms with Crippen LogP contribution in [-0.4, -0.2) is 48.2 Å². The lowest BCUT2D eigenvalue weighted by atomic mass is 10.2. The number of nitrogens with one attached hydrogen (secondary N) is 1. The van der Waals surface area contributed by atoms with E-state index in [4.69, 9.17) is 16.3 Å². The number of ether oxygens (including phenoxy) is 1. The van der Waals surface area contributed by atoms with Crippen LogP contribution >= 0.6 is 11.6 Å². The van der Waals surface area contributed by atoms with Crippen LogP contribution in [0.5, 0.6) is 0 Å². The average molecular weight is 300 g/mol. The lowest BCUT2D eigenvalue weighted by Gasteiger charge is -2.18. The molecule has 0 bridgehead atoms. The van der Waals surface area contributed by atoms with E-state index < -0.39 is 0 Å². The molecule has 0 aliphatic carbocycles. The molecule has 0 spiro atoms. The van der Waals surface area contributed by atoms with E-state index in [-0.39, 0.29) is 28.6 Å². The van der Waals surface area contributed by atoms with Gasteiger partial charge in [0.2, 0.25) is 5.91 Å². The van der Waals surface area contributed by atoms with E-state index in [1.807, 2.05) is 11.9 Å². The van der Waals surface area contributed by atoms with Crippen LogP contribution in [0.15, 0.2) is 17.1 Å². The molecule has 1 aliphatic heterocycles. The minimum absolute atomic E-state index is 0.0690. The van der Waals surface area contributed by atoms with Gasteiger partial charge in [-0.2, -0.15) is 0 Å². The van der Waals surface area contributed by atoms with Gasteiger partial charge in [-0.15, -0.1) is 0 Å². The second-order valence-corrected chi connectivity index (χ2v) is 5.44. The lowest BCUT2D eigenvalue weighted by molar-refractivity contribution is -0.120. The zero-order valence-electron chi connectivity index (χ0n) is 11.7. The maximum absolute atomic E-state index is 12.3. The van der Waals surface area contributed by atoms with Gasteiger partial charge in [-0.05, 0) is 19.5 Å². The molecule has 20 heavy (non-hydrogen) atoms. The molecule has 0 radical (unpaired) electrons. The molecule has 0 saturated carbocycles. The molecule has 0 unspecified atom stereocenters. The maximum atomic E-state index is 12.3. The van der Waals surface area contributed by atoms with Gasteiger partial charge < -0.3 is 14.6 Å². The Labute approximate surface area is 122 Å². The van der Waals surface area contributed by atoms with Crippen LogP contribution in [-0.2, 0) is 16.6 Å². The summed E-state index contributed by atoms with van der Waals surface area (Å²) in [5.74, 6) is -0.123. The number of nitrogens with zero attached hydrogens (tertiary/aromatic N) is 2. The number of hydrogen-bond donors (Lipinski definition) is 1. The summed E-state index contributed by atoms with van der Waals surface area (Å²) < 4.78 is 6.62. The highest BCUT2D eigenvalue weighted by Crippen LogP contribution is 2.20. The molecule has 1 N–H and O–H groups in total. The van der Waals surface area contributed by atoms with Gasteiger partial charge in [-0.3, -0.25) is 14.5 Å². The van der Waals surface area contributed by atoms with E-state index in [9.17, 15) is 9.59 Å². The highest BCUT2D eigenvalue weighted by atomic mass is 35.5. The van der Waals surface area contributed by atoms with E-state index >= 15 is 0 Å². The van der Waals surface area contributed by atoms with Gasteiger partial charge in [0.25, 0.3) is 5.56 Å². The predicted octanol–water partition coefficient (Wildman–Crippen LogP) is 0.696. The van der Waals surface area contributed by atoms with Crippen LogP contribution in [0.3, 0.4) is 0 Å². The average Bonchev–Trinajstić information content (AvgIpc) is 2.77. The van der Waals surface area contributed by atoms with E-state index in [0.29, 0.717) is 12.1 Å². The molecular formula is C13H18ClN3O3. The number of rotatable bonds is 3. The van der Waals surface area contributed by atoms with Crippen molar-refractivity contribution in [1.29, 1.82) is 0 Å². The summed E-state index contributed by atoms with van der Waals surface area (Å²) in [6, 6.07) is 1.22. The van der Waals surface area contributed by atoms with Crippen LogP contribution in [0.1, 0.15) is 6.42 Å². The summed E-state index contributed by atoms with van der Waals surface area (Å²) in [5.41, 5.74) is 0.221. The number of likely N-dealkylation sites (tertiary alicyclic amines) is 1. The summed E-state index contributed by atoms with van der Waals surface area (Å²) in [6.45, 7) is 0.725. The van der Waals surface area contributed by atoms with Crippen molar-refractivity contribution in [3.63, 3.8) is 0 Å². The molecule has 1 aromatic rings. The largest absolute Gasteiger partial charge is 0.380 e. The maximum Gasteiger partial charge on any atom is 0.269 e. The van der Waals surface area contributed by atoms with E-state index in [1.165, 1.54) is 10.6 Å². The van der Waals surface area contributed by atoms with Crippen LogP contribution < -0.4 is 10.9 Å². The molecule has 0 aromatic carbocycles. The zero-order valence-corrected chi connectivity index (χ0v) is 12.5. The van der Waals surface area contributed by atoms with E-state index in [1.54, 1.807) is 20.4 Å². The summed E-state index contributed by atoms with van der Waals surface area (Å²) in [6.07, 6.45) is 2.27. The van der Waals surface area contributed by atoms with Crippen molar-refractivity contribution in [2.45, 2.75) is 18.6 Å². The highest BCUT2D eigenvalue weighted by molar-refractivity contribution is 6.30. The van der Waals surface area contributed by atoms with E-state index in [2.05, 4.69) is 5.32 Å². The van der Waals surface area contributed by atoms with Gasteiger partial charge in [0, 0.05) is 26.9 Å². The predicted molar refractivity (Wildman–Crippen MR) is 77.2 cm³/mol. The Morgan fingerprint density at radius 1 is 1.50 bits per heavy atom. The summed E-state index contributed by atoms with van der Waals surface area (Å²) in [7, 11) is 5.12. The SMILES string of the molecule is CO[C@H]1C[C@@H](C(=O)Nc2cc(Cl)c(=O)n(C)c2)N(C)C1. The molecule has 7 heteroatoms. The monoisotopic (exact) mass is 299 g/mol. The van der Waals surface area contributed by atoms with Gasteiger partial charge in [-0.25, -0.2) is 0 Å². The number of aromatic nitrogens is 1. The molecule has 110 valence electrons. The first kappa shape index (κ1) is 15.0. The number of likely N-dealkylation sites (N-methyl/N-ethyl adjacent to an activating group) is 1. The second-order valence-electron chi connectivity index (χ2n) is 5.03. The first-order chi connectivity index (χ1) is 9.42. The number of carbonyl (C=O) groups excluding carboxylic acids is 1. The van der Waals surface area contributed by atoms with Crippen LogP contribution in [0, 0.1) is 0 Å². The molecule has 2 rings (SSSR count). The number of methoxy groups -OCH3 is 1. The van der Waals surface area contributed by atoms with Crippen LogP contribution in [0.4, 0.5) is 5.69 Å². The lowest BCUT2D eigenvalue weighted by Crippen LogP contribution is -2.37. The Morgan fingerprint density at radius 2 is 2.20 bits per heavy atom. The standard InChI is InChI=1S/C13H18ClN3O3/c1-16-7-9(20-3)5-11(16)12(18)15-8-4-10(14)13(19)17(2)6-8/h4,6,9,11H,5,7H2,1-3H3,(H,15,18)/t9-,11-/m0/s1. The number of amides is 1. The van der Waals surface area contributed by atoms with E-state index in [0.717, 1.165) is 6.54 Å². The Morgan fingerprint density at radius 3 is 2.75 bits per heavy atom. The smallest absolute Gasteiger partial charge is 0.269 e. The van der Waals surface area contributed by atoms with Crippen molar-refractivity contribution in [1.82, 2.24) is 9.47 Å². The number of hydrogen-bond acceptors (Lipinski definition) is 4. The fraction of sp³-hybridized carbons (Fsp3) is 0.538. The molecule has 1 saturated heterocycles. The van der Waals surface area contributed by atoms with Gasteiger partial charge in [0.05, 0.1) is 17.8 Å². The molecule has 2 heterocycles. The Kier molecular flexibility index (Phi) is 4.47. The van der Waals surface area contributed by atoms with Gasteiger partial charge >= 0.3 is 0 Å². The number of anilines is 1. The quantitative estimate of drug-likeness (QED) is 0.892. The third-order valence-electron chi connectivity index (χ3n) is 3.55. The molecular weight excluding hydrogens is 282 g/mol. The first-order valence-corrected chi connectivity index (χ1v) is 6.70. The van der Waals surface area contributed by atoms with Crippen molar-refractivity contribution in [2.75, 3.05) is 26.0 Å². The topological polar surface area (TPSA) is 63.6 Å². The third-order valence-corrected chi connectivity index (χ3v) is 3.82. The Bertz CT molecular complexity index is 546. The molecule has 1 amide bonds. The Hall–Kier alpha value is -1.37. The normalized spacial score (nSPS) is 23.0. The summed E-state index contributed by atoms with van der Waals surface area (Å²) in [4.78, 5) is 25.7. The minimum Gasteiger partial charge on any atom is -0.380 e. The van der Waals surface area contributed by atoms with Crippen molar-refractivity contribution >= 4 is 23.2 Å². The van der Waals surface area contributed by atoms with Gasteiger partial charge in [0.1, 0.15) is 5.02 Å². The van der Waals surface area contributed by atoms with Crippen molar-refractivity contribution in [3.8, 4) is 0 Å². The number of aryl methyl sites for hydroxylation is 1. The molecule has 6 nitrogen and oxygen atoms in total. The van der Waals surface area contributed by atoms with Gasteiger partial charge in [0.15, 0.2) is 0 Å². The second kappa shape index (κ2) is 5.95. The summed E-state index contributed by atoms with van der Waals surface area (Å²) >= 11 is 5.82. The number of halogens is 1. The molecule has 1 fully saturated rings. The van der Waals surface area contributed by atoms with Crippen molar-refractivity contribution in [2.24, 2.45) is 7.05 Å². The Balaban J connectivity index is 2.11. The molecule has 1 aliphatic rings. The van der Waals surface area contributed by atoms with Crippen molar-refractivity contribution < 1.29 is 9.53 Å². The van der Waals surface area contributed by atoms with Crippen molar-refractivity contribution in [3.05, 3.63) is 27.6 Å². The minimum atomic E-state index is -0.290. The highest BCUT2D eigenvalue weighted by Gasteiger charge is 2.34. The fourth-order valence-electron chi connectivity index (χ4n) is 2.40. The van der Waals surface area contributed by atoms with Crippen LogP contribution in [0.2, 0.25) is 5.02 Å².